The Hall–Kier alpha value is -4.56. The van der Waals surface area contributed by atoms with Crippen LogP contribution < -0.4 is 5.32 Å². The number of carbonyl (C=O) groups excluding carboxylic acids is 2. The van der Waals surface area contributed by atoms with Gasteiger partial charge in [0.15, 0.2) is 0 Å². The summed E-state index contributed by atoms with van der Waals surface area (Å²) in [7, 11) is 0. The fourth-order valence-corrected chi connectivity index (χ4v) is 6.55. The van der Waals surface area contributed by atoms with Crippen molar-refractivity contribution in [3.05, 3.63) is 96.1 Å². The molecule has 1 N–H and O–H groups in total. The highest BCUT2D eigenvalue weighted by atomic mass is 16.6. The van der Waals surface area contributed by atoms with Gasteiger partial charge in [0.1, 0.15) is 12.2 Å². The molecule has 5 aromatic rings. The topological polar surface area (TPSA) is 76.0 Å². The Balaban J connectivity index is 1.03. The highest BCUT2D eigenvalue weighted by Gasteiger charge is 2.26. The number of ether oxygens (including phenoxy) is 2. The molecule has 240 valence electrons. The van der Waals surface area contributed by atoms with Gasteiger partial charge in [-0.05, 0) is 74.2 Å². The predicted molar refractivity (Wildman–Crippen MR) is 184 cm³/mol. The molecule has 4 aromatic carbocycles. The van der Waals surface area contributed by atoms with Crippen LogP contribution in [0.25, 0.3) is 32.6 Å². The smallest absolute Gasteiger partial charge is 0.410 e. The number of benzene rings is 4. The lowest BCUT2D eigenvalue weighted by Crippen LogP contribution is -2.40. The third-order valence-electron chi connectivity index (χ3n) is 8.64. The minimum Gasteiger partial charge on any atom is -0.448 e. The monoisotopic (exact) mass is 620 g/mol. The third kappa shape index (κ3) is 7.12. The van der Waals surface area contributed by atoms with Crippen molar-refractivity contribution in [1.29, 1.82) is 0 Å². The molecule has 1 saturated heterocycles. The van der Waals surface area contributed by atoms with Gasteiger partial charge in [-0.2, -0.15) is 0 Å². The number of likely N-dealkylation sites (tertiary alicyclic amines) is 1. The highest BCUT2D eigenvalue weighted by molar-refractivity contribution is 6.08. The van der Waals surface area contributed by atoms with Crippen molar-refractivity contribution < 1.29 is 19.1 Å². The number of amides is 2. The number of carbonyl (C=O) groups is 2. The van der Waals surface area contributed by atoms with Crippen molar-refractivity contribution in [2.24, 2.45) is 0 Å². The lowest BCUT2D eigenvalue weighted by Gasteiger charge is -2.28. The Labute approximate surface area is 270 Å². The zero-order valence-electron chi connectivity index (χ0n) is 27.3. The summed E-state index contributed by atoms with van der Waals surface area (Å²) in [5.41, 5.74) is 4.17. The van der Waals surface area contributed by atoms with Gasteiger partial charge in [-0.25, -0.2) is 9.59 Å². The van der Waals surface area contributed by atoms with Gasteiger partial charge in [-0.1, -0.05) is 66.7 Å². The van der Waals surface area contributed by atoms with Crippen molar-refractivity contribution in [3.8, 4) is 0 Å². The number of fused-ring (bicyclic) bond motifs is 4. The average Bonchev–Trinajstić information content (AvgIpc) is 3.60. The van der Waals surface area contributed by atoms with Gasteiger partial charge in [0.2, 0.25) is 0 Å². The maximum atomic E-state index is 13.1. The molecule has 0 saturated carbocycles. The van der Waals surface area contributed by atoms with Gasteiger partial charge in [-0.3, -0.25) is 4.90 Å². The summed E-state index contributed by atoms with van der Waals surface area (Å²) in [5, 5.41) is 7.79. The first kappa shape index (κ1) is 31.4. The Morgan fingerprint density at radius 2 is 1.65 bits per heavy atom. The summed E-state index contributed by atoms with van der Waals surface area (Å²) in [6.45, 7) is 11.8. The largest absolute Gasteiger partial charge is 0.448 e. The fraction of sp³-hybridized carbons (Fsp3) is 0.368. The van der Waals surface area contributed by atoms with Crippen LogP contribution in [0, 0.1) is 0 Å². The van der Waals surface area contributed by atoms with Crippen LogP contribution in [-0.4, -0.2) is 64.4 Å². The summed E-state index contributed by atoms with van der Waals surface area (Å²) >= 11 is 0. The quantitative estimate of drug-likeness (QED) is 0.183. The number of nitrogens with zero attached hydrogens (tertiary/aromatic N) is 3. The summed E-state index contributed by atoms with van der Waals surface area (Å²) < 4.78 is 13.6. The van der Waals surface area contributed by atoms with E-state index in [1.807, 2.05) is 45.0 Å². The van der Waals surface area contributed by atoms with E-state index in [0.717, 1.165) is 48.9 Å². The molecule has 0 bridgehead atoms. The molecular formula is C38H44N4O4. The number of aromatic nitrogens is 1. The number of para-hydroxylation sites is 1. The summed E-state index contributed by atoms with van der Waals surface area (Å²) in [4.78, 5) is 29.9. The van der Waals surface area contributed by atoms with Gasteiger partial charge in [0.25, 0.3) is 0 Å². The summed E-state index contributed by atoms with van der Waals surface area (Å²) in [6.07, 6.45) is -0.0410. The molecule has 6 rings (SSSR count). The lowest BCUT2D eigenvalue weighted by molar-refractivity contribution is 0.0190. The number of alkyl carbamates (subject to hydrolysis) is 1. The van der Waals surface area contributed by atoms with Crippen molar-refractivity contribution >= 4 is 44.8 Å². The minimum absolute atomic E-state index is 0.0101. The second-order valence-electron chi connectivity index (χ2n) is 13.2. The molecular weight excluding hydrogens is 576 g/mol. The average molecular weight is 621 g/mol. The molecule has 2 amide bonds. The molecule has 0 radical (unpaired) electrons. The molecule has 2 heterocycles. The zero-order valence-corrected chi connectivity index (χ0v) is 27.3. The van der Waals surface area contributed by atoms with E-state index in [1.165, 1.54) is 27.4 Å². The van der Waals surface area contributed by atoms with E-state index in [-0.39, 0.29) is 19.2 Å². The minimum atomic E-state index is -0.638. The van der Waals surface area contributed by atoms with Crippen LogP contribution >= 0.6 is 0 Å². The van der Waals surface area contributed by atoms with Crippen molar-refractivity contribution in [3.63, 3.8) is 0 Å². The van der Waals surface area contributed by atoms with Gasteiger partial charge in [-0.15, -0.1) is 0 Å². The highest BCUT2D eigenvalue weighted by Crippen LogP contribution is 2.30. The van der Waals surface area contributed by atoms with E-state index < -0.39 is 17.8 Å². The van der Waals surface area contributed by atoms with Crippen LogP contribution in [-0.2, 0) is 29.1 Å². The van der Waals surface area contributed by atoms with E-state index in [1.54, 1.807) is 4.90 Å². The number of hydrogen-bond acceptors (Lipinski definition) is 5. The third-order valence-corrected chi connectivity index (χ3v) is 8.64. The molecule has 1 aromatic heterocycles. The number of rotatable bonds is 9. The Kier molecular flexibility index (Phi) is 9.17. The van der Waals surface area contributed by atoms with E-state index in [9.17, 15) is 9.59 Å². The normalized spacial score (nSPS) is 15.4. The summed E-state index contributed by atoms with van der Waals surface area (Å²) in [6, 6.07) is 29.5. The second-order valence-corrected chi connectivity index (χ2v) is 13.2. The van der Waals surface area contributed by atoms with Crippen LogP contribution in [0.4, 0.5) is 9.59 Å². The molecule has 8 heteroatoms. The molecule has 1 aliphatic heterocycles. The standard InChI is InChI=1S/C38H44N4O4/c1-5-42-34-16-9-8-15-32(34)33-23-27(17-18-35(33)42)24-40-20-19-30(26-40)39-36(43)45-22-21-41(37(44)46-38(2,3)4)25-29-13-10-12-28-11-6-7-14-31(28)29/h6-18,23,30H,5,19-22,24-26H2,1-4H3,(H,39,43). The first-order valence-corrected chi connectivity index (χ1v) is 16.3. The van der Waals surface area contributed by atoms with E-state index in [0.29, 0.717) is 6.54 Å². The lowest BCUT2D eigenvalue weighted by atomic mass is 10.0. The Bertz CT molecular complexity index is 1850. The number of aryl methyl sites for hydroxylation is 1. The van der Waals surface area contributed by atoms with Crippen LogP contribution in [0.1, 0.15) is 45.2 Å². The second kappa shape index (κ2) is 13.4. The molecule has 1 fully saturated rings. The maximum absolute atomic E-state index is 13.1. The van der Waals surface area contributed by atoms with Gasteiger partial charge < -0.3 is 24.3 Å². The zero-order chi connectivity index (χ0) is 32.3. The first-order valence-electron chi connectivity index (χ1n) is 16.3. The molecule has 46 heavy (non-hydrogen) atoms. The van der Waals surface area contributed by atoms with Gasteiger partial charge in [0.05, 0.1) is 6.54 Å². The van der Waals surface area contributed by atoms with Crippen LogP contribution in [0.2, 0.25) is 0 Å². The molecule has 0 aliphatic carbocycles. The van der Waals surface area contributed by atoms with Gasteiger partial charge >= 0.3 is 12.2 Å². The first-order chi connectivity index (χ1) is 22.2. The van der Waals surface area contributed by atoms with Crippen molar-refractivity contribution in [1.82, 2.24) is 19.7 Å². The molecule has 0 spiro atoms. The molecule has 1 aliphatic rings. The van der Waals surface area contributed by atoms with Gasteiger partial charge in [0, 0.05) is 60.6 Å². The van der Waals surface area contributed by atoms with Crippen molar-refractivity contribution in [2.75, 3.05) is 26.2 Å². The van der Waals surface area contributed by atoms with Crippen LogP contribution in [0.3, 0.4) is 0 Å². The van der Waals surface area contributed by atoms with E-state index in [4.69, 9.17) is 9.47 Å². The summed E-state index contributed by atoms with van der Waals surface area (Å²) in [5.74, 6) is 0. The molecule has 1 atom stereocenters. The fourth-order valence-electron chi connectivity index (χ4n) is 6.55. The SMILES string of the molecule is CCn1c2ccccc2c2cc(CN3CCC(NC(=O)OCCN(Cc4cccc5ccccc45)C(=O)OC(C)(C)C)C3)ccc21. The van der Waals surface area contributed by atoms with Crippen molar-refractivity contribution in [2.45, 2.75) is 65.4 Å². The van der Waals surface area contributed by atoms with E-state index in [2.05, 4.69) is 82.4 Å². The maximum Gasteiger partial charge on any atom is 0.410 e. The van der Waals surface area contributed by atoms with E-state index >= 15 is 0 Å². The Morgan fingerprint density at radius 1 is 0.913 bits per heavy atom. The van der Waals surface area contributed by atoms with Crippen LogP contribution in [0.15, 0.2) is 84.9 Å². The Morgan fingerprint density at radius 3 is 2.46 bits per heavy atom. The molecule has 8 nitrogen and oxygen atoms in total. The number of nitrogens with one attached hydrogen (secondary N) is 1. The van der Waals surface area contributed by atoms with Crippen LogP contribution in [0.5, 0.6) is 0 Å². The number of hydrogen-bond donors (Lipinski definition) is 1. The molecule has 1 unspecified atom stereocenters. The predicted octanol–water partition coefficient (Wildman–Crippen LogP) is 7.71.